The van der Waals surface area contributed by atoms with Crippen molar-refractivity contribution in [2.24, 2.45) is 0 Å². The van der Waals surface area contributed by atoms with Crippen LogP contribution in [0.4, 0.5) is 5.69 Å². The number of nitrogens with one attached hydrogen (secondary N) is 2. The van der Waals surface area contributed by atoms with E-state index in [-0.39, 0.29) is 18.4 Å². The van der Waals surface area contributed by atoms with Gasteiger partial charge in [0, 0.05) is 11.3 Å². The molecule has 0 radical (unpaired) electrons. The smallest absolute Gasteiger partial charge is 0.251 e. The number of carbonyl (C=O) groups is 2. The maximum absolute atomic E-state index is 12.0. The van der Waals surface area contributed by atoms with Gasteiger partial charge in [-0.15, -0.1) is 0 Å². The zero-order valence-electron chi connectivity index (χ0n) is 14.0. The van der Waals surface area contributed by atoms with Crippen molar-refractivity contribution in [1.29, 1.82) is 0 Å². The van der Waals surface area contributed by atoms with Crippen molar-refractivity contribution < 1.29 is 14.3 Å². The first-order chi connectivity index (χ1) is 11.6. The number of carbonyl (C=O) groups excluding carboxylic acids is 2. The summed E-state index contributed by atoms with van der Waals surface area (Å²) in [6, 6.07) is 14.4. The van der Waals surface area contributed by atoms with E-state index in [4.69, 9.17) is 4.74 Å². The van der Waals surface area contributed by atoms with Gasteiger partial charge in [-0.2, -0.15) is 0 Å². The lowest BCUT2D eigenvalue weighted by Crippen LogP contribution is -2.32. The van der Waals surface area contributed by atoms with Crippen LogP contribution in [0.3, 0.4) is 0 Å². The largest absolute Gasteiger partial charge is 0.494 e. The second kappa shape index (κ2) is 8.72. The predicted octanol–water partition coefficient (Wildman–Crippen LogP) is 3.02. The van der Waals surface area contributed by atoms with Crippen molar-refractivity contribution in [3.63, 3.8) is 0 Å². The fourth-order valence-electron chi connectivity index (χ4n) is 2.21. The van der Waals surface area contributed by atoms with Crippen LogP contribution in [0.15, 0.2) is 48.5 Å². The van der Waals surface area contributed by atoms with Gasteiger partial charge in [0.05, 0.1) is 13.2 Å². The Hall–Kier alpha value is -2.82. The summed E-state index contributed by atoms with van der Waals surface area (Å²) >= 11 is 0. The van der Waals surface area contributed by atoms with Gasteiger partial charge in [0.1, 0.15) is 5.75 Å². The monoisotopic (exact) mass is 326 g/mol. The number of rotatable bonds is 7. The summed E-state index contributed by atoms with van der Waals surface area (Å²) in [7, 11) is 0. The van der Waals surface area contributed by atoms with E-state index in [0.717, 1.165) is 17.7 Å². The third-order valence-corrected chi connectivity index (χ3v) is 3.46. The van der Waals surface area contributed by atoms with Crippen molar-refractivity contribution in [3.8, 4) is 5.75 Å². The molecule has 0 aliphatic carbocycles. The Morgan fingerprint density at radius 1 is 1.04 bits per heavy atom. The Balaban J connectivity index is 1.85. The second-order valence-corrected chi connectivity index (χ2v) is 5.24. The molecule has 24 heavy (non-hydrogen) atoms. The van der Waals surface area contributed by atoms with Gasteiger partial charge in [0.2, 0.25) is 5.91 Å². The number of anilines is 1. The van der Waals surface area contributed by atoms with Crippen LogP contribution in [0.1, 0.15) is 29.8 Å². The molecule has 5 nitrogen and oxygen atoms in total. The Kier molecular flexibility index (Phi) is 6.37. The van der Waals surface area contributed by atoms with Crippen molar-refractivity contribution in [2.45, 2.75) is 20.3 Å². The van der Waals surface area contributed by atoms with E-state index in [0.29, 0.717) is 17.9 Å². The lowest BCUT2D eigenvalue weighted by molar-refractivity contribution is -0.115. The SMILES string of the molecule is CCOc1ccc(C(=O)NCC(=O)Nc2cccc(CC)c2)cc1. The molecule has 0 spiro atoms. The number of ether oxygens (including phenoxy) is 1. The first-order valence-corrected chi connectivity index (χ1v) is 8.02. The normalized spacial score (nSPS) is 10.1. The van der Waals surface area contributed by atoms with Gasteiger partial charge in [0.25, 0.3) is 5.91 Å². The molecular formula is C19H22N2O3. The Morgan fingerprint density at radius 3 is 2.46 bits per heavy atom. The second-order valence-electron chi connectivity index (χ2n) is 5.24. The maximum Gasteiger partial charge on any atom is 0.251 e. The molecule has 0 aromatic heterocycles. The molecule has 2 rings (SSSR count). The Morgan fingerprint density at radius 2 is 1.79 bits per heavy atom. The average Bonchev–Trinajstić information content (AvgIpc) is 2.61. The predicted molar refractivity (Wildman–Crippen MR) is 94.4 cm³/mol. The maximum atomic E-state index is 12.0. The molecule has 0 fully saturated rings. The van der Waals surface area contributed by atoms with Crippen molar-refractivity contribution in [1.82, 2.24) is 5.32 Å². The topological polar surface area (TPSA) is 67.4 Å². The minimum absolute atomic E-state index is 0.0810. The number of benzene rings is 2. The van der Waals surface area contributed by atoms with Gasteiger partial charge in [-0.05, 0) is 55.3 Å². The van der Waals surface area contributed by atoms with E-state index in [1.807, 2.05) is 31.2 Å². The van der Waals surface area contributed by atoms with Crippen LogP contribution in [0.2, 0.25) is 0 Å². The van der Waals surface area contributed by atoms with E-state index in [1.54, 1.807) is 24.3 Å². The molecule has 2 amide bonds. The van der Waals surface area contributed by atoms with E-state index in [9.17, 15) is 9.59 Å². The van der Waals surface area contributed by atoms with E-state index in [2.05, 4.69) is 17.6 Å². The minimum atomic E-state index is -0.296. The third kappa shape index (κ3) is 5.12. The van der Waals surface area contributed by atoms with E-state index in [1.165, 1.54) is 0 Å². The van der Waals surface area contributed by atoms with Crippen LogP contribution in [-0.4, -0.2) is 25.0 Å². The number of hydrogen-bond donors (Lipinski definition) is 2. The van der Waals surface area contributed by atoms with Crippen LogP contribution in [-0.2, 0) is 11.2 Å². The fraction of sp³-hybridized carbons (Fsp3) is 0.263. The van der Waals surface area contributed by atoms with Gasteiger partial charge in [-0.1, -0.05) is 19.1 Å². The van der Waals surface area contributed by atoms with Crippen molar-refractivity contribution in [2.75, 3.05) is 18.5 Å². The van der Waals surface area contributed by atoms with Crippen LogP contribution < -0.4 is 15.4 Å². The summed E-state index contributed by atoms with van der Waals surface area (Å²) < 4.78 is 5.33. The molecular weight excluding hydrogens is 304 g/mol. The molecule has 2 N–H and O–H groups in total. The zero-order chi connectivity index (χ0) is 17.4. The quantitative estimate of drug-likeness (QED) is 0.822. The molecule has 0 aliphatic rings. The molecule has 0 unspecified atom stereocenters. The Bertz CT molecular complexity index is 696. The highest BCUT2D eigenvalue weighted by atomic mass is 16.5. The summed E-state index contributed by atoms with van der Waals surface area (Å²) in [4.78, 5) is 24.0. The highest BCUT2D eigenvalue weighted by Crippen LogP contribution is 2.12. The number of aryl methyl sites for hydroxylation is 1. The molecule has 2 aromatic rings. The van der Waals surface area contributed by atoms with E-state index < -0.39 is 0 Å². The average molecular weight is 326 g/mol. The van der Waals surface area contributed by atoms with Crippen LogP contribution in [0.25, 0.3) is 0 Å². The molecule has 0 saturated carbocycles. The highest BCUT2D eigenvalue weighted by Gasteiger charge is 2.08. The first-order valence-electron chi connectivity index (χ1n) is 8.02. The van der Waals surface area contributed by atoms with Gasteiger partial charge >= 0.3 is 0 Å². The highest BCUT2D eigenvalue weighted by molar-refractivity contribution is 5.99. The first kappa shape index (κ1) is 17.5. The lowest BCUT2D eigenvalue weighted by atomic mass is 10.1. The fourth-order valence-corrected chi connectivity index (χ4v) is 2.21. The van der Waals surface area contributed by atoms with Gasteiger partial charge < -0.3 is 15.4 Å². The summed E-state index contributed by atoms with van der Waals surface area (Å²) in [6.07, 6.45) is 0.901. The molecule has 5 heteroatoms. The summed E-state index contributed by atoms with van der Waals surface area (Å²) in [5.41, 5.74) is 2.36. The third-order valence-electron chi connectivity index (χ3n) is 3.46. The van der Waals surface area contributed by atoms with E-state index >= 15 is 0 Å². The molecule has 126 valence electrons. The Labute approximate surface area is 142 Å². The van der Waals surface area contributed by atoms with Gasteiger partial charge in [-0.25, -0.2) is 0 Å². The summed E-state index contributed by atoms with van der Waals surface area (Å²) in [5, 5.41) is 5.38. The number of hydrogen-bond acceptors (Lipinski definition) is 3. The molecule has 0 bridgehead atoms. The molecule has 0 aliphatic heterocycles. The number of amides is 2. The van der Waals surface area contributed by atoms with Gasteiger partial charge in [-0.3, -0.25) is 9.59 Å². The lowest BCUT2D eigenvalue weighted by Gasteiger charge is -2.08. The van der Waals surface area contributed by atoms with Gasteiger partial charge in [0.15, 0.2) is 0 Å². The molecule has 0 saturated heterocycles. The molecule has 0 atom stereocenters. The van der Waals surface area contributed by atoms with Crippen LogP contribution in [0.5, 0.6) is 5.75 Å². The van der Waals surface area contributed by atoms with Crippen LogP contribution in [0, 0.1) is 0 Å². The van der Waals surface area contributed by atoms with Crippen molar-refractivity contribution >= 4 is 17.5 Å². The molecule has 0 heterocycles. The summed E-state index contributed by atoms with van der Waals surface area (Å²) in [5.74, 6) is 0.153. The van der Waals surface area contributed by atoms with Crippen LogP contribution >= 0.6 is 0 Å². The minimum Gasteiger partial charge on any atom is -0.494 e. The summed E-state index contributed by atoms with van der Waals surface area (Å²) in [6.45, 7) is 4.45. The molecule has 2 aromatic carbocycles. The zero-order valence-corrected chi connectivity index (χ0v) is 14.0. The standard InChI is InChI=1S/C19H22N2O3/c1-3-14-6-5-7-16(12-14)21-18(22)13-20-19(23)15-8-10-17(11-9-15)24-4-2/h5-12H,3-4,13H2,1-2H3,(H,20,23)(H,21,22). The van der Waals surface area contributed by atoms with Crippen molar-refractivity contribution in [3.05, 3.63) is 59.7 Å².